The van der Waals surface area contributed by atoms with Crippen molar-refractivity contribution in [2.45, 2.75) is 6.54 Å². The summed E-state index contributed by atoms with van der Waals surface area (Å²) in [7, 11) is -1.96. The lowest BCUT2D eigenvalue weighted by atomic mass is 10.3. The number of nitrogens with zero attached hydrogens (tertiary/aromatic N) is 3. The van der Waals surface area contributed by atoms with E-state index in [4.69, 9.17) is 10.5 Å². The van der Waals surface area contributed by atoms with Crippen molar-refractivity contribution in [1.82, 2.24) is 19.5 Å². The number of rotatable bonds is 7. The zero-order chi connectivity index (χ0) is 15.3. The van der Waals surface area contributed by atoms with Crippen LogP contribution < -0.4 is 10.5 Å². The molecule has 8 nitrogen and oxygen atoms in total. The van der Waals surface area contributed by atoms with Crippen LogP contribution in [0.1, 0.15) is 5.82 Å². The number of hydrogen-bond acceptors (Lipinski definition) is 6. The zero-order valence-electron chi connectivity index (χ0n) is 11.6. The van der Waals surface area contributed by atoms with E-state index in [2.05, 4.69) is 15.2 Å². The summed E-state index contributed by atoms with van der Waals surface area (Å²) in [5.41, 5.74) is 6.19. The molecule has 0 bridgehead atoms. The Balaban J connectivity index is 1.88. The predicted octanol–water partition coefficient (Wildman–Crippen LogP) is 0.227. The number of H-pyrrole nitrogens is 1. The summed E-state index contributed by atoms with van der Waals surface area (Å²) in [6, 6.07) is 6.94. The highest BCUT2D eigenvalue weighted by Gasteiger charge is 2.19. The summed E-state index contributed by atoms with van der Waals surface area (Å²) in [5.74, 6) is 0.811. The molecule has 0 radical (unpaired) electrons. The summed E-state index contributed by atoms with van der Waals surface area (Å²) in [6.07, 6.45) is 1.33. The van der Waals surface area contributed by atoms with Gasteiger partial charge in [0.2, 0.25) is 10.0 Å². The lowest BCUT2D eigenvalue weighted by Gasteiger charge is -2.16. The molecule has 1 heterocycles. The molecule has 0 spiro atoms. The normalized spacial score (nSPS) is 11.7. The third-order valence-electron chi connectivity index (χ3n) is 2.83. The van der Waals surface area contributed by atoms with Crippen molar-refractivity contribution in [3.8, 4) is 5.75 Å². The molecular formula is C12H17N5O3S. The van der Waals surface area contributed by atoms with Gasteiger partial charge in [-0.25, -0.2) is 13.4 Å². The third-order valence-corrected chi connectivity index (χ3v) is 4.59. The number of ether oxygens (including phenoxy) is 1. The fourth-order valence-corrected chi connectivity index (χ4v) is 2.57. The van der Waals surface area contributed by atoms with Crippen LogP contribution in [0.2, 0.25) is 0 Å². The molecule has 1 aromatic carbocycles. The van der Waals surface area contributed by atoms with Gasteiger partial charge < -0.3 is 10.5 Å². The molecule has 2 aromatic rings. The molecule has 0 fully saturated rings. The number of aromatic amines is 1. The van der Waals surface area contributed by atoms with E-state index in [1.54, 1.807) is 24.3 Å². The zero-order valence-corrected chi connectivity index (χ0v) is 12.4. The minimum atomic E-state index is -3.44. The lowest BCUT2D eigenvalue weighted by molar-refractivity contribution is 0.338. The van der Waals surface area contributed by atoms with Crippen LogP contribution in [-0.4, -0.2) is 47.3 Å². The van der Waals surface area contributed by atoms with E-state index in [-0.39, 0.29) is 18.9 Å². The number of nitrogens with two attached hydrogens (primary N) is 1. The summed E-state index contributed by atoms with van der Waals surface area (Å²) in [5, 5.41) is 6.29. The minimum absolute atomic E-state index is 0.0251. The Bertz CT molecular complexity index is 672. The van der Waals surface area contributed by atoms with Crippen LogP contribution in [0.4, 0.5) is 5.69 Å². The Morgan fingerprint density at radius 2 is 2.14 bits per heavy atom. The number of para-hydroxylation sites is 2. The van der Waals surface area contributed by atoms with E-state index in [1.165, 1.54) is 17.7 Å². The van der Waals surface area contributed by atoms with Crippen LogP contribution in [0.5, 0.6) is 5.75 Å². The second-order valence-corrected chi connectivity index (χ2v) is 6.59. The van der Waals surface area contributed by atoms with E-state index >= 15 is 0 Å². The molecule has 21 heavy (non-hydrogen) atoms. The highest BCUT2D eigenvalue weighted by molar-refractivity contribution is 7.89. The topological polar surface area (TPSA) is 114 Å². The molecule has 3 N–H and O–H groups in total. The molecule has 114 valence electrons. The van der Waals surface area contributed by atoms with Gasteiger partial charge in [-0.05, 0) is 12.1 Å². The fourth-order valence-electron chi connectivity index (χ4n) is 1.64. The second-order valence-electron chi connectivity index (χ2n) is 4.39. The number of hydrogen-bond donors (Lipinski definition) is 2. The number of anilines is 1. The van der Waals surface area contributed by atoms with Crippen LogP contribution in [0.25, 0.3) is 0 Å². The third kappa shape index (κ3) is 4.17. The number of nitrogens with one attached hydrogen (secondary N) is 1. The molecule has 0 saturated heterocycles. The maximum absolute atomic E-state index is 12.1. The number of sulfonamides is 1. The van der Waals surface area contributed by atoms with Crippen molar-refractivity contribution in [3.63, 3.8) is 0 Å². The molecule has 2 rings (SSSR count). The Hall–Kier alpha value is -2.13. The maximum Gasteiger partial charge on any atom is 0.217 e. The van der Waals surface area contributed by atoms with Crippen LogP contribution in [0.3, 0.4) is 0 Å². The molecule has 9 heteroatoms. The second kappa shape index (κ2) is 6.55. The first-order valence-electron chi connectivity index (χ1n) is 6.24. The lowest BCUT2D eigenvalue weighted by Crippen LogP contribution is -2.31. The molecular weight excluding hydrogens is 294 g/mol. The summed E-state index contributed by atoms with van der Waals surface area (Å²) in [6.45, 7) is 0.160. The first kappa shape index (κ1) is 15.3. The smallest absolute Gasteiger partial charge is 0.217 e. The van der Waals surface area contributed by atoms with Crippen molar-refractivity contribution >= 4 is 15.7 Å². The van der Waals surface area contributed by atoms with E-state index in [1.807, 2.05) is 0 Å². The van der Waals surface area contributed by atoms with Crippen molar-refractivity contribution in [3.05, 3.63) is 36.4 Å². The van der Waals surface area contributed by atoms with Gasteiger partial charge in [0.15, 0.2) is 0 Å². The number of benzene rings is 1. The summed E-state index contributed by atoms with van der Waals surface area (Å²) >= 11 is 0. The quantitative estimate of drug-likeness (QED) is 0.707. The molecule has 0 atom stereocenters. The first-order valence-corrected chi connectivity index (χ1v) is 7.85. The van der Waals surface area contributed by atoms with E-state index < -0.39 is 10.0 Å². The van der Waals surface area contributed by atoms with Gasteiger partial charge in [-0.1, -0.05) is 12.1 Å². The fraction of sp³-hybridized carbons (Fsp3) is 0.333. The van der Waals surface area contributed by atoms with Gasteiger partial charge in [-0.15, -0.1) is 0 Å². The van der Waals surface area contributed by atoms with Crippen LogP contribution in [-0.2, 0) is 16.6 Å². The average molecular weight is 311 g/mol. The molecule has 0 aliphatic rings. The van der Waals surface area contributed by atoms with Crippen molar-refractivity contribution in [1.29, 1.82) is 0 Å². The van der Waals surface area contributed by atoms with Crippen molar-refractivity contribution in [2.24, 2.45) is 0 Å². The Kier molecular flexibility index (Phi) is 4.76. The highest BCUT2D eigenvalue weighted by atomic mass is 32.2. The SMILES string of the molecule is CN(Cc1ncn[nH]1)S(=O)(=O)CCOc1ccccc1N. The van der Waals surface area contributed by atoms with Crippen molar-refractivity contribution < 1.29 is 13.2 Å². The Morgan fingerprint density at radius 1 is 1.38 bits per heavy atom. The first-order chi connectivity index (χ1) is 9.99. The monoisotopic (exact) mass is 311 g/mol. The Labute approximate surface area is 123 Å². The average Bonchev–Trinajstić information content (AvgIpc) is 2.93. The molecule has 0 unspecified atom stereocenters. The van der Waals surface area contributed by atoms with Gasteiger partial charge in [0.25, 0.3) is 0 Å². The molecule has 0 aliphatic heterocycles. The molecule has 0 saturated carbocycles. The molecule has 1 aromatic heterocycles. The Morgan fingerprint density at radius 3 is 2.81 bits per heavy atom. The maximum atomic E-state index is 12.1. The van der Waals surface area contributed by atoms with Crippen LogP contribution in [0.15, 0.2) is 30.6 Å². The number of nitrogen functional groups attached to an aromatic ring is 1. The van der Waals surface area contributed by atoms with Gasteiger partial charge in [-0.2, -0.15) is 9.40 Å². The van der Waals surface area contributed by atoms with Gasteiger partial charge in [0, 0.05) is 7.05 Å². The summed E-state index contributed by atoms with van der Waals surface area (Å²) in [4.78, 5) is 3.89. The van der Waals surface area contributed by atoms with E-state index in [9.17, 15) is 8.42 Å². The van der Waals surface area contributed by atoms with Crippen molar-refractivity contribution in [2.75, 3.05) is 25.1 Å². The standard InChI is InChI=1S/C12H17N5O3S/c1-17(8-12-14-9-15-16-12)21(18,19)7-6-20-11-5-3-2-4-10(11)13/h2-5,9H,6-8,13H2,1H3,(H,14,15,16). The largest absolute Gasteiger partial charge is 0.490 e. The van der Waals surface area contributed by atoms with Crippen LogP contribution >= 0.6 is 0 Å². The van der Waals surface area contributed by atoms with Gasteiger partial charge in [-0.3, -0.25) is 5.10 Å². The predicted molar refractivity (Wildman–Crippen MR) is 78.0 cm³/mol. The van der Waals surface area contributed by atoms with Crippen LogP contribution in [0, 0.1) is 0 Å². The minimum Gasteiger partial charge on any atom is -0.490 e. The van der Waals surface area contributed by atoms with Gasteiger partial charge in [0.1, 0.15) is 24.5 Å². The molecule has 0 amide bonds. The number of aromatic nitrogens is 3. The molecule has 0 aliphatic carbocycles. The van der Waals surface area contributed by atoms with E-state index in [0.29, 0.717) is 17.3 Å². The van der Waals surface area contributed by atoms with Gasteiger partial charge in [0.05, 0.1) is 18.0 Å². The highest BCUT2D eigenvalue weighted by Crippen LogP contribution is 2.19. The van der Waals surface area contributed by atoms with E-state index in [0.717, 1.165) is 0 Å². The summed E-state index contributed by atoms with van der Waals surface area (Å²) < 4.78 is 30.8. The van der Waals surface area contributed by atoms with Gasteiger partial charge >= 0.3 is 0 Å².